The average Bonchev–Trinajstić information content (AvgIpc) is 3.01. The number of para-hydroxylation sites is 1. The minimum absolute atomic E-state index is 0.294. The van der Waals surface area contributed by atoms with Gasteiger partial charge in [0, 0.05) is 22.1 Å². The van der Waals surface area contributed by atoms with Crippen molar-refractivity contribution in [1.82, 2.24) is 4.98 Å². The highest BCUT2D eigenvalue weighted by Crippen LogP contribution is 2.37. The van der Waals surface area contributed by atoms with E-state index in [1.165, 1.54) is 35.0 Å². The normalized spacial score (nSPS) is 23.0. The minimum atomic E-state index is -0.296. The summed E-state index contributed by atoms with van der Waals surface area (Å²) in [6.45, 7) is 8.40. The van der Waals surface area contributed by atoms with E-state index >= 15 is 0 Å². The molecule has 1 fully saturated rings. The zero-order valence-electron chi connectivity index (χ0n) is 13.2. The molecule has 21 heavy (non-hydrogen) atoms. The Morgan fingerprint density at radius 3 is 2.48 bits per heavy atom. The van der Waals surface area contributed by atoms with E-state index < -0.39 is 0 Å². The van der Waals surface area contributed by atoms with Gasteiger partial charge in [-0.3, -0.25) is 0 Å². The van der Waals surface area contributed by atoms with E-state index in [1.54, 1.807) is 0 Å². The van der Waals surface area contributed by atoms with Crippen molar-refractivity contribution in [2.24, 2.45) is 0 Å². The Morgan fingerprint density at radius 1 is 1.05 bits per heavy atom. The summed E-state index contributed by atoms with van der Waals surface area (Å²) in [5.41, 5.74) is 4.61. The van der Waals surface area contributed by atoms with Crippen molar-refractivity contribution >= 4 is 23.5 Å². The number of hydrogen-bond acceptors (Lipinski definition) is 2. The van der Waals surface area contributed by atoms with E-state index in [9.17, 15) is 0 Å². The molecule has 4 heteroatoms. The van der Waals surface area contributed by atoms with Crippen LogP contribution < -0.4 is 5.46 Å². The summed E-state index contributed by atoms with van der Waals surface area (Å²) in [5.74, 6) is 0. The molecule has 1 aliphatic carbocycles. The zero-order valence-corrected chi connectivity index (χ0v) is 13.2. The third kappa shape index (κ3) is 1.82. The fourth-order valence-corrected chi connectivity index (χ4v) is 3.46. The van der Waals surface area contributed by atoms with Crippen molar-refractivity contribution in [1.29, 1.82) is 0 Å². The van der Waals surface area contributed by atoms with Gasteiger partial charge in [-0.15, -0.1) is 0 Å². The van der Waals surface area contributed by atoms with E-state index in [0.717, 1.165) is 11.9 Å². The van der Waals surface area contributed by atoms with Crippen molar-refractivity contribution in [2.75, 3.05) is 0 Å². The number of hydrogen-bond donors (Lipinski definition) is 1. The molecule has 1 N–H and O–H groups in total. The first-order valence-corrected chi connectivity index (χ1v) is 7.87. The first-order chi connectivity index (χ1) is 9.89. The molecule has 110 valence electrons. The molecule has 3 nitrogen and oxygen atoms in total. The van der Waals surface area contributed by atoms with Gasteiger partial charge in [0.05, 0.1) is 11.2 Å². The lowest BCUT2D eigenvalue weighted by atomic mass is 9.77. The molecule has 0 radical (unpaired) electrons. The monoisotopic (exact) mass is 283 g/mol. The number of aromatic nitrogens is 1. The second-order valence-electron chi connectivity index (χ2n) is 7.29. The predicted octanol–water partition coefficient (Wildman–Crippen LogP) is 2.96. The van der Waals surface area contributed by atoms with E-state index in [-0.39, 0.29) is 18.3 Å². The highest BCUT2D eigenvalue weighted by molar-refractivity contribution is 6.65. The van der Waals surface area contributed by atoms with Crippen molar-refractivity contribution in [3.05, 3.63) is 29.5 Å². The van der Waals surface area contributed by atoms with Crippen LogP contribution in [0.2, 0.25) is 0 Å². The standard InChI is InChI=1S/C17H22BNO2/c1-16(2)17(3,4)21-18(20-16)13-9-5-8-12-11-7-6-10-14(11)19-15(12)13/h5,8-9,19H,6-7,10H2,1-4H3. The number of aromatic amines is 1. The van der Waals surface area contributed by atoms with Gasteiger partial charge in [0.25, 0.3) is 0 Å². The smallest absolute Gasteiger partial charge is 0.399 e. The molecule has 2 aliphatic rings. The van der Waals surface area contributed by atoms with Gasteiger partial charge < -0.3 is 14.3 Å². The number of rotatable bonds is 1. The van der Waals surface area contributed by atoms with Crippen molar-refractivity contribution in [2.45, 2.75) is 58.2 Å². The third-order valence-electron chi connectivity index (χ3n) is 5.42. The Balaban J connectivity index is 1.82. The summed E-state index contributed by atoms with van der Waals surface area (Å²) in [6.07, 6.45) is 3.60. The lowest BCUT2D eigenvalue weighted by Gasteiger charge is -2.32. The largest absolute Gasteiger partial charge is 0.497 e. The van der Waals surface area contributed by atoms with Gasteiger partial charge >= 0.3 is 7.12 Å². The average molecular weight is 283 g/mol. The molecule has 0 saturated carbocycles. The zero-order chi connectivity index (χ0) is 14.8. The van der Waals surface area contributed by atoms with Gasteiger partial charge in [-0.05, 0) is 52.5 Å². The van der Waals surface area contributed by atoms with Crippen LogP contribution in [0.4, 0.5) is 0 Å². The second-order valence-corrected chi connectivity index (χ2v) is 7.29. The number of fused-ring (bicyclic) bond motifs is 3. The SMILES string of the molecule is CC1(C)OB(c2cccc3c4c([nH]c23)CCC4)OC1(C)C. The third-order valence-corrected chi connectivity index (χ3v) is 5.42. The van der Waals surface area contributed by atoms with Crippen LogP contribution in [0.25, 0.3) is 10.9 Å². The van der Waals surface area contributed by atoms with Crippen LogP contribution in [0.1, 0.15) is 45.4 Å². The summed E-state index contributed by atoms with van der Waals surface area (Å²) < 4.78 is 12.4. The molecule has 0 atom stereocenters. The molecular weight excluding hydrogens is 261 g/mol. The molecule has 2 aromatic rings. The Morgan fingerprint density at radius 2 is 1.76 bits per heavy atom. The van der Waals surface area contributed by atoms with Gasteiger partial charge in [-0.1, -0.05) is 18.2 Å². The maximum absolute atomic E-state index is 6.22. The molecule has 1 aromatic heterocycles. The molecular formula is C17H22BNO2. The van der Waals surface area contributed by atoms with E-state index in [0.29, 0.717) is 0 Å². The summed E-state index contributed by atoms with van der Waals surface area (Å²) in [5, 5.41) is 1.34. The molecule has 2 heterocycles. The molecule has 0 unspecified atom stereocenters. The number of benzene rings is 1. The van der Waals surface area contributed by atoms with Crippen LogP contribution in [0.15, 0.2) is 18.2 Å². The predicted molar refractivity (Wildman–Crippen MR) is 86.0 cm³/mol. The van der Waals surface area contributed by atoms with Crippen LogP contribution in [-0.2, 0) is 22.2 Å². The molecule has 4 rings (SSSR count). The first kappa shape index (κ1) is 13.4. The van der Waals surface area contributed by atoms with Crippen molar-refractivity contribution in [3.63, 3.8) is 0 Å². The maximum atomic E-state index is 6.22. The topological polar surface area (TPSA) is 34.2 Å². The quantitative estimate of drug-likeness (QED) is 0.816. The van der Waals surface area contributed by atoms with Gasteiger partial charge in [0.1, 0.15) is 0 Å². The number of aryl methyl sites for hydroxylation is 2. The molecule has 1 aliphatic heterocycles. The molecule has 0 spiro atoms. The Bertz CT molecular complexity index is 701. The summed E-state index contributed by atoms with van der Waals surface area (Å²) >= 11 is 0. The van der Waals surface area contributed by atoms with Crippen LogP contribution in [0, 0.1) is 0 Å². The summed E-state index contributed by atoms with van der Waals surface area (Å²) in [7, 11) is -0.294. The molecule has 0 amide bonds. The Labute approximate surface area is 126 Å². The number of H-pyrrole nitrogens is 1. The van der Waals surface area contributed by atoms with Crippen LogP contribution in [0.5, 0.6) is 0 Å². The van der Waals surface area contributed by atoms with Crippen molar-refractivity contribution in [3.8, 4) is 0 Å². The van der Waals surface area contributed by atoms with Gasteiger partial charge in [0.2, 0.25) is 0 Å². The molecule has 0 bridgehead atoms. The van der Waals surface area contributed by atoms with E-state index in [1.807, 2.05) is 0 Å². The number of nitrogens with one attached hydrogen (secondary N) is 1. The molecule has 1 aromatic carbocycles. The van der Waals surface area contributed by atoms with E-state index in [2.05, 4.69) is 50.9 Å². The van der Waals surface area contributed by atoms with Crippen LogP contribution in [-0.4, -0.2) is 23.3 Å². The summed E-state index contributed by atoms with van der Waals surface area (Å²) in [6, 6.07) is 6.45. The van der Waals surface area contributed by atoms with Gasteiger partial charge in [-0.25, -0.2) is 0 Å². The van der Waals surface area contributed by atoms with Crippen LogP contribution >= 0.6 is 0 Å². The highest BCUT2D eigenvalue weighted by atomic mass is 16.7. The fourth-order valence-electron chi connectivity index (χ4n) is 3.46. The van der Waals surface area contributed by atoms with E-state index in [4.69, 9.17) is 9.31 Å². The Hall–Kier alpha value is -1.26. The minimum Gasteiger partial charge on any atom is -0.399 e. The fraction of sp³-hybridized carbons (Fsp3) is 0.529. The van der Waals surface area contributed by atoms with Crippen LogP contribution in [0.3, 0.4) is 0 Å². The highest BCUT2D eigenvalue weighted by Gasteiger charge is 2.52. The summed E-state index contributed by atoms with van der Waals surface area (Å²) in [4.78, 5) is 3.62. The Kier molecular flexibility index (Phi) is 2.65. The molecule has 1 saturated heterocycles. The second kappa shape index (κ2) is 4.14. The van der Waals surface area contributed by atoms with Gasteiger partial charge in [0.15, 0.2) is 0 Å². The van der Waals surface area contributed by atoms with Gasteiger partial charge in [-0.2, -0.15) is 0 Å². The maximum Gasteiger partial charge on any atom is 0.497 e. The van der Waals surface area contributed by atoms with Crippen molar-refractivity contribution < 1.29 is 9.31 Å². The lowest BCUT2D eigenvalue weighted by Crippen LogP contribution is -2.41. The first-order valence-electron chi connectivity index (χ1n) is 7.87. The lowest BCUT2D eigenvalue weighted by molar-refractivity contribution is 0.00578.